The second kappa shape index (κ2) is 5.66. The summed E-state index contributed by atoms with van der Waals surface area (Å²) in [6, 6.07) is 7.18. The van der Waals surface area contributed by atoms with Crippen LogP contribution in [0.25, 0.3) is 0 Å². The molecule has 2 aromatic rings. The van der Waals surface area contributed by atoms with Crippen molar-refractivity contribution in [2.24, 2.45) is 0 Å². The molecule has 0 amide bonds. The molecule has 6 heteroatoms. The van der Waals surface area contributed by atoms with Crippen LogP contribution in [0, 0.1) is 12.7 Å². The van der Waals surface area contributed by atoms with E-state index in [1.54, 1.807) is 25.1 Å². The Morgan fingerprint density at radius 2 is 1.81 bits per heavy atom. The SMILES string of the molecule is Cc1c(Cl)cccc1C(O)c1ccc(C(F)(F)F)c(F)c1. The Kier molecular flexibility index (Phi) is 4.25. The lowest BCUT2D eigenvalue weighted by Gasteiger charge is -2.16. The molecule has 2 rings (SSSR count). The first-order valence-electron chi connectivity index (χ1n) is 6.01. The van der Waals surface area contributed by atoms with Crippen molar-refractivity contribution in [3.05, 3.63) is 69.5 Å². The van der Waals surface area contributed by atoms with Crippen LogP contribution in [0.1, 0.15) is 28.4 Å². The van der Waals surface area contributed by atoms with Crippen LogP contribution in [0.5, 0.6) is 0 Å². The maximum Gasteiger partial charge on any atom is 0.419 e. The maximum atomic E-state index is 13.5. The van der Waals surface area contributed by atoms with E-state index < -0.39 is 23.7 Å². The number of hydrogen-bond donors (Lipinski definition) is 1. The maximum absolute atomic E-state index is 13.5. The van der Waals surface area contributed by atoms with Crippen LogP contribution in [0.3, 0.4) is 0 Å². The second-order valence-electron chi connectivity index (χ2n) is 4.59. The normalized spacial score (nSPS) is 13.3. The Balaban J connectivity index is 2.43. The fraction of sp³-hybridized carbons (Fsp3) is 0.200. The molecular formula is C15H11ClF4O. The van der Waals surface area contributed by atoms with Crippen molar-refractivity contribution in [2.75, 3.05) is 0 Å². The summed E-state index contributed by atoms with van der Waals surface area (Å²) < 4.78 is 51.0. The monoisotopic (exact) mass is 318 g/mol. The molecule has 0 aromatic heterocycles. The lowest BCUT2D eigenvalue weighted by molar-refractivity contribution is -0.140. The summed E-state index contributed by atoms with van der Waals surface area (Å²) in [6.07, 6.45) is -6.01. The van der Waals surface area contributed by atoms with Gasteiger partial charge in [0.25, 0.3) is 0 Å². The molecule has 0 aliphatic heterocycles. The molecule has 1 nitrogen and oxygen atoms in total. The molecule has 1 atom stereocenters. The van der Waals surface area contributed by atoms with Crippen molar-refractivity contribution >= 4 is 11.6 Å². The molecule has 0 fully saturated rings. The van der Waals surface area contributed by atoms with Gasteiger partial charge in [-0.2, -0.15) is 13.2 Å². The van der Waals surface area contributed by atoms with Crippen molar-refractivity contribution in [1.82, 2.24) is 0 Å². The van der Waals surface area contributed by atoms with E-state index in [0.29, 0.717) is 28.3 Å². The van der Waals surface area contributed by atoms with Crippen molar-refractivity contribution in [2.45, 2.75) is 19.2 Å². The number of aliphatic hydroxyl groups excluding tert-OH is 1. The van der Waals surface area contributed by atoms with Crippen molar-refractivity contribution < 1.29 is 22.7 Å². The molecule has 0 aliphatic rings. The summed E-state index contributed by atoms with van der Waals surface area (Å²) in [7, 11) is 0. The highest BCUT2D eigenvalue weighted by atomic mass is 35.5. The van der Waals surface area contributed by atoms with E-state index in [9.17, 15) is 22.7 Å². The molecule has 0 heterocycles. The van der Waals surface area contributed by atoms with E-state index in [1.165, 1.54) is 0 Å². The van der Waals surface area contributed by atoms with Crippen LogP contribution in [0.15, 0.2) is 36.4 Å². The smallest absolute Gasteiger partial charge is 0.384 e. The van der Waals surface area contributed by atoms with Crippen LogP contribution in [0.2, 0.25) is 5.02 Å². The first-order chi connectivity index (χ1) is 9.71. The van der Waals surface area contributed by atoms with E-state index in [4.69, 9.17) is 11.6 Å². The number of benzene rings is 2. The third-order valence-corrected chi connectivity index (χ3v) is 3.63. The van der Waals surface area contributed by atoms with E-state index >= 15 is 0 Å². The van der Waals surface area contributed by atoms with Crippen molar-refractivity contribution in [3.8, 4) is 0 Å². The van der Waals surface area contributed by atoms with Gasteiger partial charge >= 0.3 is 6.18 Å². The molecule has 21 heavy (non-hydrogen) atoms. The van der Waals surface area contributed by atoms with Crippen molar-refractivity contribution in [3.63, 3.8) is 0 Å². The minimum absolute atomic E-state index is 0.0332. The molecule has 2 aromatic carbocycles. The zero-order valence-electron chi connectivity index (χ0n) is 10.9. The quantitative estimate of drug-likeness (QED) is 0.782. The molecule has 1 N–H and O–H groups in total. The highest BCUT2D eigenvalue weighted by Crippen LogP contribution is 2.34. The number of aliphatic hydroxyl groups is 1. The lowest BCUT2D eigenvalue weighted by Crippen LogP contribution is -2.10. The fourth-order valence-corrected chi connectivity index (χ4v) is 2.21. The number of halogens is 5. The Labute approximate surface area is 123 Å². The minimum atomic E-state index is -4.76. The zero-order chi connectivity index (χ0) is 15.8. The predicted molar refractivity (Wildman–Crippen MR) is 71.7 cm³/mol. The Bertz CT molecular complexity index is 667. The molecule has 0 radical (unpaired) electrons. The van der Waals surface area contributed by atoms with E-state index in [2.05, 4.69) is 0 Å². The van der Waals surface area contributed by atoms with Gasteiger partial charge in [0.2, 0.25) is 0 Å². The number of alkyl halides is 3. The molecular weight excluding hydrogens is 308 g/mol. The third kappa shape index (κ3) is 3.19. The van der Waals surface area contributed by atoms with Gasteiger partial charge in [0.05, 0.1) is 5.56 Å². The van der Waals surface area contributed by atoms with Gasteiger partial charge in [-0.1, -0.05) is 29.8 Å². The summed E-state index contributed by atoms with van der Waals surface area (Å²) in [6.45, 7) is 1.67. The van der Waals surface area contributed by atoms with Gasteiger partial charge in [-0.25, -0.2) is 4.39 Å². The molecule has 0 aliphatic carbocycles. The van der Waals surface area contributed by atoms with Crippen LogP contribution in [-0.2, 0) is 6.18 Å². The number of hydrogen-bond acceptors (Lipinski definition) is 1. The summed E-state index contributed by atoms with van der Waals surface area (Å²) in [5.74, 6) is -1.42. The van der Waals surface area contributed by atoms with Crippen molar-refractivity contribution in [1.29, 1.82) is 0 Å². The van der Waals surface area contributed by atoms with Crippen LogP contribution in [-0.4, -0.2) is 5.11 Å². The van der Waals surface area contributed by atoms with E-state index in [-0.39, 0.29) is 5.56 Å². The van der Waals surface area contributed by atoms with Gasteiger partial charge < -0.3 is 5.11 Å². The molecule has 0 bridgehead atoms. The average molecular weight is 319 g/mol. The predicted octanol–water partition coefficient (Wildman–Crippen LogP) is 4.89. The summed E-state index contributed by atoms with van der Waals surface area (Å²) in [5.41, 5.74) is -0.319. The molecule has 0 saturated carbocycles. The fourth-order valence-electron chi connectivity index (χ4n) is 2.03. The van der Waals surface area contributed by atoms with Gasteiger partial charge in [-0.05, 0) is 41.8 Å². The van der Waals surface area contributed by atoms with Crippen LogP contribution in [0.4, 0.5) is 17.6 Å². The van der Waals surface area contributed by atoms with Crippen LogP contribution < -0.4 is 0 Å². The standard InChI is InChI=1S/C15H11ClF4O/c1-8-10(3-2-4-12(8)16)14(21)9-5-6-11(13(17)7-9)15(18,19)20/h2-7,14,21H,1H3. The first kappa shape index (κ1) is 15.8. The van der Waals surface area contributed by atoms with Crippen LogP contribution >= 0.6 is 11.6 Å². The van der Waals surface area contributed by atoms with E-state index in [0.717, 1.165) is 6.07 Å². The number of rotatable bonds is 2. The summed E-state index contributed by atoms with van der Waals surface area (Å²) in [5, 5.41) is 10.6. The van der Waals surface area contributed by atoms with Gasteiger partial charge in [0, 0.05) is 5.02 Å². The van der Waals surface area contributed by atoms with Gasteiger partial charge in [0.15, 0.2) is 0 Å². The van der Waals surface area contributed by atoms with Gasteiger partial charge in [-0.3, -0.25) is 0 Å². The average Bonchev–Trinajstić information content (AvgIpc) is 2.39. The highest BCUT2D eigenvalue weighted by Gasteiger charge is 2.34. The van der Waals surface area contributed by atoms with Gasteiger partial charge in [-0.15, -0.1) is 0 Å². The molecule has 0 saturated heterocycles. The largest absolute Gasteiger partial charge is 0.419 e. The second-order valence-corrected chi connectivity index (χ2v) is 5.00. The zero-order valence-corrected chi connectivity index (χ0v) is 11.6. The van der Waals surface area contributed by atoms with Gasteiger partial charge in [0.1, 0.15) is 11.9 Å². The Morgan fingerprint density at radius 3 is 2.38 bits per heavy atom. The van der Waals surface area contributed by atoms with E-state index in [1.807, 2.05) is 0 Å². The summed E-state index contributed by atoms with van der Waals surface area (Å²) >= 11 is 5.93. The highest BCUT2D eigenvalue weighted by molar-refractivity contribution is 6.31. The first-order valence-corrected chi connectivity index (χ1v) is 6.39. The topological polar surface area (TPSA) is 20.2 Å². The summed E-state index contributed by atoms with van der Waals surface area (Å²) in [4.78, 5) is 0. The third-order valence-electron chi connectivity index (χ3n) is 3.22. The Morgan fingerprint density at radius 1 is 1.14 bits per heavy atom. The lowest BCUT2D eigenvalue weighted by atomic mass is 9.96. The minimum Gasteiger partial charge on any atom is -0.384 e. The molecule has 0 spiro atoms. The Hall–Kier alpha value is -1.59. The molecule has 1 unspecified atom stereocenters. The molecule has 112 valence electrons.